The third kappa shape index (κ3) is 2.43. The molecule has 1 N–H and O–H groups in total. The second-order valence-electron chi connectivity index (χ2n) is 4.72. The largest absolute Gasteiger partial charge is 0.310 e. The van der Waals surface area contributed by atoms with E-state index in [1.165, 1.54) is 0 Å². The van der Waals surface area contributed by atoms with Gasteiger partial charge in [-0.15, -0.1) is 0 Å². The Hall–Kier alpha value is -1.69. The number of rotatable bonds is 4. The van der Waals surface area contributed by atoms with Gasteiger partial charge in [0.2, 0.25) is 0 Å². The highest BCUT2D eigenvalue weighted by Gasteiger charge is 2.19. The van der Waals surface area contributed by atoms with Gasteiger partial charge >= 0.3 is 0 Å². The lowest BCUT2D eigenvalue weighted by Crippen LogP contribution is -2.39. The Bertz CT molecular complexity index is 501. The zero-order chi connectivity index (χ0) is 12.4. The van der Waals surface area contributed by atoms with Gasteiger partial charge in [-0.05, 0) is 19.4 Å². The first-order valence-corrected chi connectivity index (χ1v) is 6.42. The van der Waals surface area contributed by atoms with Crippen molar-refractivity contribution in [3.05, 3.63) is 30.1 Å². The summed E-state index contributed by atoms with van der Waals surface area (Å²) < 4.78 is 3.98. The molecule has 1 atom stereocenters. The molecule has 0 aliphatic carbocycles. The summed E-state index contributed by atoms with van der Waals surface area (Å²) in [6.45, 7) is 4.73. The lowest BCUT2D eigenvalue weighted by atomic mass is 10.1. The average Bonchev–Trinajstić information content (AvgIpc) is 2.96. The number of hydrogen-bond acceptors (Lipinski definition) is 4. The van der Waals surface area contributed by atoms with Crippen molar-refractivity contribution in [2.24, 2.45) is 0 Å². The topological polar surface area (TPSA) is 60.6 Å². The number of aromatic nitrogens is 5. The summed E-state index contributed by atoms with van der Waals surface area (Å²) in [4.78, 5) is 4.42. The molecule has 0 fully saturated rings. The van der Waals surface area contributed by atoms with Crippen molar-refractivity contribution in [3.63, 3.8) is 0 Å². The maximum atomic E-state index is 4.42. The van der Waals surface area contributed by atoms with Crippen LogP contribution in [0.2, 0.25) is 0 Å². The van der Waals surface area contributed by atoms with Crippen molar-refractivity contribution >= 4 is 0 Å². The third-order valence-corrected chi connectivity index (χ3v) is 3.30. The lowest BCUT2D eigenvalue weighted by Gasteiger charge is -2.23. The van der Waals surface area contributed by atoms with Crippen molar-refractivity contribution in [2.75, 3.05) is 6.54 Å². The summed E-state index contributed by atoms with van der Waals surface area (Å²) in [6, 6.07) is 2.44. The molecule has 0 saturated heterocycles. The molecule has 1 unspecified atom stereocenters. The fraction of sp³-hybridized carbons (Fsp3) is 0.583. The highest BCUT2D eigenvalue weighted by Crippen LogP contribution is 2.12. The summed E-state index contributed by atoms with van der Waals surface area (Å²) in [7, 11) is 0. The number of nitrogens with one attached hydrogen (secondary N) is 1. The van der Waals surface area contributed by atoms with Crippen molar-refractivity contribution in [2.45, 2.75) is 38.9 Å². The molecule has 0 bridgehead atoms. The predicted octanol–water partition coefficient (Wildman–Crippen LogP) is 0.388. The normalized spacial score (nSPS) is 18.8. The zero-order valence-electron chi connectivity index (χ0n) is 10.6. The molecule has 96 valence electrons. The highest BCUT2D eigenvalue weighted by molar-refractivity contribution is 4.96. The molecule has 0 spiro atoms. The smallest absolute Gasteiger partial charge is 0.147 e. The summed E-state index contributed by atoms with van der Waals surface area (Å²) in [5.74, 6) is 2.00. The Morgan fingerprint density at radius 1 is 1.50 bits per heavy atom. The van der Waals surface area contributed by atoms with Crippen LogP contribution in [0.25, 0.3) is 0 Å². The van der Waals surface area contributed by atoms with Gasteiger partial charge < -0.3 is 5.32 Å². The fourth-order valence-corrected chi connectivity index (χ4v) is 2.42. The minimum atomic E-state index is 0.495. The molecule has 6 nitrogen and oxygen atoms in total. The van der Waals surface area contributed by atoms with Crippen LogP contribution in [0.5, 0.6) is 0 Å². The Morgan fingerprint density at radius 3 is 3.28 bits per heavy atom. The van der Waals surface area contributed by atoms with E-state index in [9.17, 15) is 0 Å². The predicted molar refractivity (Wildman–Crippen MR) is 67.1 cm³/mol. The summed E-state index contributed by atoms with van der Waals surface area (Å²) in [6.07, 6.45) is 5.95. The Labute approximate surface area is 106 Å². The summed E-state index contributed by atoms with van der Waals surface area (Å²) in [5.41, 5.74) is 0. The van der Waals surface area contributed by atoms with Crippen LogP contribution in [0, 0.1) is 6.92 Å². The second-order valence-corrected chi connectivity index (χ2v) is 4.72. The second kappa shape index (κ2) is 4.89. The number of aryl methyl sites for hydroxylation is 2. The number of fused-ring (bicyclic) bond motifs is 1. The van der Waals surface area contributed by atoms with Crippen LogP contribution in [0.3, 0.4) is 0 Å². The van der Waals surface area contributed by atoms with Crippen molar-refractivity contribution in [1.29, 1.82) is 0 Å². The van der Waals surface area contributed by atoms with Crippen LogP contribution in [-0.4, -0.2) is 37.1 Å². The maximum absolute atomic E-state index is 4.42. The van der Waals surface area contributed by atoms with E-state index in [0.29, 0.717) is 6.04 Å². The van der Waals surface area contributed by atoms with Gasteiger partial charge in [0.25, 0.3) is 0 Å². The van der Waals surface area contributed by atoms with E-state index in [1.807, 2.05) is 34.7 Å². The average molecular weight is 246 g/mol. The van der Waals surface area contributed by atoms with Gasteiger partial charge in [0.05, 0.1) is 13.1 Å². The molecule has 0 saturated carbocycles. The van der Waals surface area contributed by atoms with Gasteiger partial charge in [0, 0.05) is 31.4 Å². The van der Waals surface area contributed by atoms with E-state index in [0.717, 1.165) is 44.1 Å². The molecule has 0 radical (unpaired) electrons. The number of hydrogen-bond donors (Lipinski definition) is 1. The molecule has 0 amide bonds. The van der Waals surface area contributed by atoms with E-state index in [1.54, 1.807) is 0 Å². The van der Waals surface area contributed by atoms with Gasteiger partial charge in [0.15, 0.2) is 0 Å². The highest BCUT2D eigenvalue weighted by atomic mass is 15.4. The molecule has 0 aromatic carbocycles. The van der Waals surface area contributed by atoms with Crippen LogP contribution in [-0.2, 0) is 19.5 Å². The van der Waals surface area contributed by atoms with Gasteiger partial charge in [-0.1, -0.05) is 0 Å². The van der Waals surface area contributed by atoms with Crippen molar-refractivity contribution < 1.29 is 0 Å². The molecular formula is C12H18N6. The number of nitrogens with zero attached hydrogens (tertiary/aromatic N) is 5. The first-order chi connectivity index (χ1) is 8.81. The van der Waals surface area contributed by atoms with Crippen LogP contribution >= 0.6 is 0 Å². The summed E-state index contributed by atoms with van der Waals surface area (Å²) in [5, 5.41) is 12.2. The first-order valence-electron chi connectivity index (χ1n) is 6.42. The fourth-order valence-electron chi connectivity index (χ4n) is 2.42. The molecule has 6 heteroatoms. The third-order valence-electron chi connectivity index (χ3n) is 3.30. The quantitative estimate of drug-likeness (QED) is 0.847. The Kier molecular flexibility index (Phi) is 3.10. The summed E-state index contributed by atoms with van der Waals surface area (Å²) >= 11 is 0. The molecule has 3 rings (SSSR count). The van der Waals surface area contributed by atoms with E-state index < -0.39 is 0 Å². The van der Waals surface area contributed by atoms with Gasteiger partial charge in [0.1, 0.15) is 11.6 Å². The van der Waals surface area contributed by atoms with E-state index in [-0.39, 0.29) is 0 Å². The van der Waals surface area contributed by atoms with E-state index in [4.69, 9.17) is 0 Å². The lowest BCUT2D eigenvalue weighted by molar-refractivity contribution is 0.351. The van der Waals surface area contributed by atoms with Crippen LogP contribution < -0.4 is 5.32 Å². The van der Waals surface area contributed by atoms with Crippen LogP contribution in [0.4, 0.5) is 0 Å². The minimum Gasteiger partial charge on any atom is -0.310 e. The molecule has 3 heterocycles. The van der Waals surface area contributed by atoms with E-state index >= 15 is 0 Å². The Balaban J connectivity index is 1.50. The monoisotopic (exact) mass is 246 g/mol. The molecule has 18 heavy (non-hydrogen) atoms. The van der Waals surface area contributed by atoms with Crippen molar-refractivity contribution in [1.82, 2.24) is 29.9 Å². The van der Waals surface area contributed by atoms with Gasteiger partial charge in [-0.2, -0.15) is 10.2 Å². The van der Waals surface area contributed by atoms with Gasteiger partial charge in [-0.25, -0.2) is 9.67 Å². The molecule has 1 aliphatic heterocycles. The first kappa shape index (κ1) is 11.4. The van der Waals surface area contributed by atoms with Crippen LogP contribution in [0.1, 0.15) is 18.1 Å². The standard InChI is InChI=1S/C12H18N6/c1-10-15-12-4-3-11(9-18(12)16-10)13-6-8-17-7-2-5-14-17/h2,5,7,11,13H,3-4,6,8-9H2,1H3. The van der Waals surface area contributed by atoms with Gasteiger partial charge in [-0.3, -0.25) is 4.68 Å². The van der Waals surface area contributed by atoms with Crippen LogP contribution in [0.15, 0.2) is 18.5 Å². The molecule has 2 aromatic rings. The molecular weight excluding hydrogens is 228 g/mol. The van der Waals surface area contributed by atoms with Crippen molar-refractivity contribution in [3.8, 4) is 0 Å². The maximum Gasteiger partial charge on any atom is 0.147 e. The molecule has 2 aromatic heterocycles. The Morgan fingerprint density at radius 2 is 2.44 bits per heavy atom. The molecule has 1 aliphatic rings. The SMILES string of the molecule is Cc1nc2n(n1)CC(NCCn1cccn1)CC2. The van der Waals surface area contributed by atoms with E-state index in [2.05, 4.69) is 20.5 Å². The zero-order valence-corrected chi connectivity index (χ0v) is 10.6. The minimum absolute atomic E-state index is 0.495.